The van der Waals surface area contributed by atoms with Crippen molar-refractivity contribution in [3.05, 3.63) is 42.5 Å². The number of halogens is 1. The van der Waals surface area contributed by atoms with Crippen LogP contribution in [0.3, 0.4) is 0 Å². The van der Waals surface area contributed by atoms with Crippen LogP contribution in [0.15, 0.2) is 36.9 Å². The quantitative estimate of drug-likeness (QED) is 0.847. The third kappa shape index (κ3) is 4.49. The molecule has 0 spiro atoms. The van der Waals surface area contributed by atoms with Crippen molar-refractivity contribution in [3.8, 4) is 5.75 Å². The highest BCUT2D eigenvalue weighted by Gasteiger charge is 2.29. The Hall–Kier alpha value is -1.52. The molecule has 1 fully saturated rings. The van der Waals surface area contributed by atoms with E-state index in [1.54, 1.807) is 6.08 Å². The maximum atomic E-state index is 12.6. The zero-order valence-corrected chi connectivity index (χ0v) is 13.8. The van der Waals surface area contributed by atoms with E-state index in [2.05, 4.69) is 13.5 Å². The summed E-state index contributed by atoms with van der Waals surface area (Å²) in [5.74, 6) is 1.44. The molecule has 0 radical (unpaired) electrons. The molecule has 0 aliphatic carbocycles. The molecule has 4 nitrogen and oxygen atoms in total. The van der Waals surface area contributed by atoms with Gasteiger partial charge in [0.25, 0.3) is 5.91 Å². The molecule has 2 rings (SSSR count). The lowest BCUT2D eigenvalue weighted by atomic mass is 9.92. The first-order valence-electron chi connectivity index (χ1n) is 7.50. The highest BCUT2D eigenvalue weighted by Crippen LogP contribution is 2.24. The molecule has 0 saturated carbocycles. The lowest BCUT2D eigenvalue weighted by molar-refractivity contribution is 0.0573. The number of nitrogens with zero attached hydrogens (tertiary/aromatic N) is 1. The summed E-state index contributed by atoms with van der Waals surface area (Å²) in [6, 6.07) is 7.42. The number of amides is 1. The van der Waals surface area contributed by atoms with E-state index in [0.29, 0.717) is 24.6 Å². The second kappa shape index (κ2) is 8.81. The number of piperidine rings is 1. The summed E-state index contributed by atoms with van der Waals surface area (Å²) in [6.07, 6.45) is 3.73. The average molecular weight is 325 g/mol. The summed E-state index contributed by atoms with van der Waals surface area (Å²) < 4.78 is 5.43. The fraction of sp³-hybridized carbons (Fsp3) is 0.471. The maximum absolute atomic E-state index is 12.6. The minimum Gasteiger partial charge on any atom is -0.490 e. The van der Waals surface area contributed by atoms with Gasteiger partial charge < -0.3 is 15.4 Å². The van der Waals surface area contributed by atoms with Gasteiger partial charge in [0, 0.05) is 24.7 Å². The lowest BCUT2D eigenvalue weighted by Crippen LogP contribution is -2.49. The fourth-order valence-corrected chi connectivity index (χ4v) is 2.76. The molecule has 1 aromatic rings. The van der Waals surface area contributed by atoms with E-state index in [0.717, 1.165) is 25.1 Å². The second-order valence-corrected chi connectivity index (χ2v) is 5.64. The number of carbonyl (C=O) groups excluding carboxylic acids is 1. The van der Waals surface area contributed by atoms with E-state index in [1.165, 1.54) is 0 Å². The van der Waals surface area contributed by atoms with Crippen LogP contribution in [-0.4, -0.2) is 36.5 Å². The minimum absolute atomic E-state index is 0. The van der Waals surface area contributed by atoms with Crippen LogP contribution in [0.1, 0.15) is 30.1 Å². The van der Waals surface area contributed by atoms with Crippen molar-refractivity contribution in [1.29, 1.82) is 0 Å². The zero-order chi connectivity index (χ0) is 15.2. The van der Waals surface area contributed by atoms with Crippen LogP contribution in [0.4, 0.5) is 0 Å². The van der Waals surface area contributed by atoms with Crippen LogP contribution in [0, 0.1) is 5.92 Å². The van der Waals surface area contributed by atoms with Crippen LogP contribution in [-0.2, 0) is 0 Å². The molecule has 1 saturated heterocycles. The number of benzene rings is 1. The monoisotopic (exact) mass is 324 g/mol. The van der Waals surface area contributed by atoms with Crippen molar-refractivity contribution in [2.24, 2.45) is 11.7 Å². The highest BCUT2D eigenvalue weighted by atomic mass is 35.5. The van der Waals surface area contributed by atoms with Crippen molar-refractivity contribution in [2.45, 2.75) is 25.8 Å². The minimum atomic E-state index is 0. The molecule has 2 N–H and O–H groups in total. The third-order valence-corrected chi connectivity index (χ3v) is 3.98. The number of nitrogens with two attached hydrogens (primary N) is 1. The molecule has 122 valence electrons. The molecular weight excluding hydrogens is 300 g/mol. The van der Waals surface area contributed by atoms with E-state index >= 15 is 0 Å². The Kier molecular flexibility index (Phi) is 7.42. The average Bonchev–Trinajstić information content (AvgIpc) is 2.52. The molecule has 1 heterocycles. The molecule has 2 atom stereocenters. The first kappa shape index (κ1) is 18.5. The molecular formula is C17H25ClN2O2. The van der Waals surface area contributed by atoms with Crippen LogP contribution in [0.25, 0.3) is 0 Å². The number of likely N-dealkylation sites (tertiary alicyclic amines) is 1. The number of ether oxygens (including phenoxy) is 1. The number of hydrogen-bond donors (Lipinski definition) is 1. The van der Waals surface area contributed by atoms with Gasteiger partial charge in [-0.15, -0.1) is 12.4 Å². The Bertz CT molecular complexity index is 490. The summed E-state index contributed by atoms with van der Waals surface area (Å²) in [6.45, 7) is 7.60. The number of hydrogen-bond acceptors (Lipinski definition) is 3. The molecule has 1 aromatic carbocycles. The summed E-state index contributed by atoms with van der Waals surface area (Å²) in [5.41, 5.74) is 6.52. The maximum Gasteiger partial charge on any atom is 0.254 e. The van der Waals surface area contributed by atoms with Crippen molar-refractivity contribution in [3.63, 3.8) is 0 Å². The zero-order valence-electron chi connectivity index (χ0n) is 13.0. The van der Waals surface area contributed by atoms with E-state index in [4.69, 9.17) is 10.5 Å². The largest absolute Gasteiger partial charge is 0.490 e. The third-order valence-electron chi connectivity index (χ3n) is 3.98. The van der Waals surface area contributed by atoms with E-state index < -0.39 is 0 Å². The van der Waals surface area contributed by atoms with E-state index in [1.807, 2.05) is 29.2 Å². The van der Waals surface area contributed by atoms with Gasteiger partial charge in [0.2, 0.25) is 0 Å². The molecule has 22 heavy (non-hydrogen) atoms. The molecule has 5 heteroatoms. The van der Waals surface area contributed by atoms with Gasteiger partial charge in [-0.05, 0) is 43.0 Å². The van der Waals surface area contributed by atoms with Crippen LogP contribution < -0.4 is 10.5 Å². The molecule has 1 aliphatic rings. The van der Waals surface area contributed by atoms with Gasteiger partial charge in [0.15, 0.2) is 0 Å². The Morgan fingerprint density at radius 3 is 2.73 bits per heavy atom. The van der Waals surface area contributed by atoms with E-state index in [-0.39, 0.29) is 24.4 Å². The summed E-state index contributed by atoms with van der Waals surface area (Å²) in [5, 5.41) is 0. The topological polar surface area (TPSA) is 55.6 Å². The van der Waals surface area contributed by atoms with Gasteiger partial charge in [-0.2, -0.15) is 0 Å². The molecule has 0 bridgehead atoms. The van der Waals surface area contributed by atoms with Gasteiger partial charge in [0.1, 0.15) is 12.4 Å². The van der Waals surface area contributed by atoms with Crippen molar-refractivity contribution in [1.82, 2.24) is 4.90 Å². The molecule has 2 unspecified atom stereocenters. The SMILES string of the molecule is C=CCOc1ccc(C(=O)N2CCC(C)CC2CN)cc1.Cl. The Balaban J connectivity index is 0.00000242. The van der Waals surface area contributed by atoms with E-state index in [9.17, 15) is 4.79 Å². The van der Waals surface area contributed by atoms with Crippen molar-refractivity contribution >= 4 is 18.3 Å². The predicted octanol–water partition coefficient (Wildman–Crippen LogP) is 2.87. The van der Waals surface area contributed by atoms with Gasteiger partial charge >= 0.3 is 0 Å². The normalized spacial score (nSPS) is 20.9. The summed E-state index contributed by atoms with van der Waals surface area (Å²) >= 11 is 0. The van der Waals surface area contributed by atoms with Crippen LogP contribution in [0.2, 0.25) is 0 Å². The van der Waals surface area contributed by atoms with Crippen LogP contribution in [0.5, 0.6) is 5.75 Å². The molecule has 1 amide bonds. The van der Waals surface area contributed by atoms with Gasteiger partial charge in [-0.1, -0.05) is 19.6 Å². The predicted molar refractivity (Wildman–Crippen MR) is 91.7 cm³/mol. The van der Waals surface area contributed by atoms with Crippen molar-refractivity contribution < 1.29 is 9.53 Å². The van der Waals surface area contributed by atoms with Gasteiger partial charge in [0.05, 0.1) is 0 Å². The Morgan fingerprint density at radius 2 is 2.14 bits per heavy atom. The summed E-state index contributed by atoms with van der Waals surface area (Å²) in [7, 11) is 0. The Labute approximate surface area is 138 Å². The smallest absolute Gasteiger partial charge is 0.254 e. The number of rotatable bonds is 5. The van der Waals surface area contributed by atoms with Crippen molar-refractivity contribution in [2.75, 3.05) is 19.7 Å². The fourth-order valence-electron chi connectivity index (χ4n) is 2.76. The number of carbonyl (C=O) groups is 1. The second-order valence-electron chi connectivity index (χ2n) is 5.64. The first-order valence-corrected chi connectivity index (χ1v) is 7.50. The standard InChI is InChI=1S/C17H24N2O2.ClH/c1-3-10-21-16-6-4-14(5-7-16)17(20)19-9-8-13(2)11-15(19)12-18;/h3-7,13,15H,1,8-12,18H2,2H3;1H. The Morgan fingerprint density at radius 1 is 1.45 bits per heavy atom. The molecule has 1 aliphatic heterocycles. The molecule has 0 aromatic heterocycles. The summed E-state index contributed by atoms with van der Waals surface area (Å²) in [4.78, 5) is 14.5. The lowest BCUT2D eigenvalue weighted by Gasteiger charge is -2.38. The van der Waals surface area contributed by atoms with Gasteiger partial charge in [-0.25, -0.2) is 0 Å². The van der Waals surface area contributed by atoms with Crippen LogP contribution >= 0.6 is 12.4 Å². The highest BCUT2D eigenvalue weighted by molar-refractivity contribution is 5.94. The first-order chi connectivity index (χ1) is 10.2. The van der Waals surface area contributed by atoms with Gasteiger partial charge in [-0.3, -0.25) is 4.79 Å².